The monoisotopic (exact) mass is 451 g/mol. The second-order valence-electron chi connectivity index (χ2n) is 6.77. The van der Waals surface area contributed by atoms with Crippen LogP contribution in [0.15, 0.2) is 77.3 Å². The first kappa shape index (κ1) is 19.4. The highest BCUT2D eigenvalue weighted by Gasteiger charge is 2.28. The standard InChI is InChI=1S/C24H19BrFNO2/c25-17-11-12-23(26)16(14-17)6-5-13-27-24(28)29-15-22-20-9-3-1-7-18(20)19-8-2-4-10-21(19)22/h1-12,14,22H,13,15H2,(H,27,28). The summed E-state index contributed by atoms with van der Waals surface area (Å²) in [5, 5.41) is 2.68. The number of nitrogens with one attached hydrogen (secondary N) is 1. The maximum atomic E-state index is 13.7. The van der Waals surface area contributed by atoms with Gasteiger partial charge in [-0.1, -0.05) is 76.6 Å². The van der Waals surface area contributed by atoms with Crippen LogP contribution < -0.4 is 5.32 Å². The van der Waals surface area contributed by atoms with Crippen LogP contribution in [0.5, 0.6) is 0 Å². The van der Waals surface area contributed by atoms with Crippen molar-refractivity contribution in [1.82, 2.24) is 5.32 Å². The fourth-order valence-electron chi connectivity index (χ4n) is 3.62. The number of fused-ring (bicyclic) bond motifs is 3. The van der Waals surface area contributed by atoms with E-state index >= 15 is 0 Å². The van der Waals surface area contributed by atoms with Gasteiger partial charge < -0.3 is 10.1 Å². The molecule has 0 bridgehead atoms. The molecule has 3 aromatic carbocycles. The Bertz CT molecular complexity index is 1030. The van der Waals surface area contributed by atoms with Crippen LogP contribution in [0.2, 0.25) is 0 Å². The van der Waals surface area contributed by atoms with Crippen molar-refractivity contribution in [1.29, 1.82) is 0 Å². The number of rotatable bonds is 5. The van der Waals surface area contributed by atoms with Gasteiger partial charge >= 0.3 is 6.09 Å². The molecular weight excluding hydrogens is 433 g/mol. The average Bonchev–Trinajstić information content (AvgIpc) is 3.06. The van der Waals surface area contributed by atoms with Crippen LogP contribution in [-0.2, 0) is 4.74 Å². The quantitative estimate of drug-likeness (QED) is 0.505. The predicted octanol–water partition coefficient (Wildman–Crippen LogP) is 6.14. The lowest BCUT2D eigenvalue weighted by atomic mass is 9.98. The predicted molar refractivity (Wildman–Crippen MR) is 116 cm³/mol. The van der Waals surface area contributed by atoms with E-state index in [4.69, 9.17) is 4.74 Å². The largest absolute Gasteiger partial charge is 0.449 e. The molecule has 0 aromatic heterocycles. The van der Waals surface area contributed by atoms with Crippen LogP contribution in [0.3, 0.4) is 0 Å². The topological polar surface area (TPSA) is 38.3 Å². The Balaban J connectivity index is 1.34. The van der Waals surface area contributed by atoms with E-state index in [1.165, 1.54) is 28.3 Å². The molecule has 29 heavy (non-hydrogen) atoms. The van der Waals surface area contributed by atoms with Crippen molar-refractivity contribution in [3.05, 3.63) is 99.8 Å². The molecule has 0 fully saturated rings. The maximum Gasteiger partial charge on any atom is 0.407 e. The number of hydrogen-bond donors (Lipinski definition) is 1. The third kappa shape index (κ3) is 4.25. The van der Waals surface area contributed by atoms with Crippen LogP contribution in [0, 0.1) is 5.82 Å². The van der Waals surface area contributed by atoms with Crippen LogP contribution in [0.4, 0.5) is 9.18 Å². The van der Waals surface area contributed by atoms with Crippen LogP contribution in [-0.4, -0.2) is 19.2 Å². The molecule has 0 saturated heterocycles. The second kappa shape index (κ2) is 8.62. The summed E-state index contributed by atoms with van der Waals surface area (Å²) in [7, 11) is 0. The number of carbonyl (C=O) groups excluding carboxylic acids is 1. The number of benzene rings is 3. The summed E-state index contributed by atoms with van der Waals surface area (Å²) in [6, 6.07) is 21.1. The number of amides is 1. The molecule has 1 aliphatic carbocycles. The molecule has 3 aromatic rings. The van der Waals surface area contributed by atoms with Gasteiger partial charge in [0.05, 0.1) is 0 Å². The lowest BCUT2D eigenvalue weighted by Crippen LogP contribution is -2.26. The van der Waals surface area contributed by atoms with E-state index < -0.39 is 6.09 Å². The Kier molecular flexibility index (Phi) is 5.76. The molecule has 0 aliphatic heterocycles. The number of ether oxygens (including phenoxy) is 1. The zero-order valence-corrected chi connectivity index (χ0v) is 17.2. The first-order valence-electron chi connectivity index (χ1n) is 9.34. The molecule has 146 valence electrons. The smallest absolute Gasteiger partial charge is 0.407 e. The zero-order chi connectivity index (χ0) is 20.2. The molecule has 0 saturated carbocycles. The van der Waals surface area contributed by atoms with E-state index in [9.17, 15) is 9.18 Å². The fourth-order valence-corrected chi connectivity index (χ4v) is 4.00. The molecule has 0 unspecified atom stereocenters. The summed E-state index contributed by atoms with van der Waals surface area (Å²) >= 11 is 3.31. The molecule has 0 heterocycles. The molecule has 0 atom stereocenters. The van der Waals surface area contributed by atoms with Gasteiger partial charge in [-0.25, -0.2) is 9.18 Å². The van der Waals surface area contributed by atoms with Crippen molar-refractivity contribution < 1.29 is 13.9 Å². The molecule has 4 rings (SSSR count). The van der Waals surface area contributed by atoms with E-state index in [1.807, 2.05) is 24.3 Å². The molecule has 1 N–H and O–H groups in total. The van der Waals surface area contributed by atoms with Gasteiger partial charge in [0.25, 0.3) is 0 Å². The summed E-state index contributed by atoms with van der Waals surface area (Å²) in [6.07, 6.45) is 2.82. The minimum absolute atomic E-state index is 0.0273. The Morgan fingerprint density at radius 3 is 2.38 bits per heavy atom. The molecule has 3 nitrogen and oxygen atoms in total. The first-order valence-corrected chi connectivity index (χ1v) is 10.1. The lowest BCUT2D eigenvalue weighted by molar-refractivity contribution is 0.144. The van der Waals surface area contributed by atoms with Crippen molar-refractivity contribution in [3.63, 3.8) is 0 Å². The van der Waals surface area contributed by atoms with E-state index in [2.05, 4.69) is 45.5 Å². The minimum atomic E-state index is -0.494. The Morgan fingerprint density at radius 1 is 1.03 bits per heavy atom. The number of alkyl carbamates (subject to hydrolysis) is 1. The van der Waals surface area contributed by atoms with Crippen LogP contribution >= 0.6 is 15.9 Å². The van der Waals surface area contributed by atoms with Crippen molar-refractivity contribution in [2.24, 2.45) is 0 Å². The van der Waals surface area contributed by atoms with Crippen molar-refractivity contribution in [2.75, 3.05) is 13.2 Å². The summed E-state index contributed by atoms with van der Waals surface area (Å²) < 4.78 is 20.0. The van der Waals surface area contributed by atoms with Crippen LogP contribution in [0.25, 0.3) is 17.2 Å². The van der Waals surface area contributed by atoms with Gasteiger partial charge in [0.15, 0.2) is 0 Å². The molecular formula is C24H19BrFNO2. The molecule has 0 radical (unpaired) electrons. The van der Waals surface area contributed by atoms with E-state index in [-0.39, 0.29) is 24.9 Å². The van der Waals surface area contributed by atoms with E-state index in [0.717, 1.165) is 4.47 Å². The van der Waals surface area contributed by atoms with Gasteiger partial charge in [-0.05, 0) is 40.5 Å². The Morgan fingerprint density at radius 2 is 1.69 bits per heavy atom. The highest BCUT2D eigenvalue weighted by molar-refractivity contribution is 9.10. The Labute approximate surface area is 177 Å². The lowest BCUT2D eigenvalue weighted by Gasteiger charge is -2.14. The SMILES string of the molecule is O=C(NCC=Cc1cc(Br)ccc1F)OCC1c2ccccc2-c2ccccc21. The number of hydrogen-bond acceptors (Lipinski definition) is 2. The van der Waals surface area contributed by atoms with E-state index in [1.54, 1.807) is 24.3 Å². The highest BCUT2D eigenvalue weighted by atomic mass is 79.9. The minimum Gasteiger partial charge on any atom is -0.449 e. The van der Waals surface area contributed by atoms with Gasteiger partial charge in [0.1, 0.15) is 12.4 Å². The summed E-state index contributed by atoms with van der Waals surface area (Å²) in [6.45, 7) is 0.520. The maximum absolute atomic E-state index is 13.7. The number of carbonyl (C=O) groups is 1. The molecule has 1 aliphatic rings. The normalized spacial score (nSPS) is 12.6. The summed E-state index contributed by atoms with van der Waals surface area (Å²) in [5.41, 5.74) is 5.18. The van der Waals surface area contributed by atoms with Crippen molar-refractivity contribution in [2.45, 2.75) is 5.92 Å². The van der Waals surface area contributed by atoms with Gasteiger partial charge in [0.2, 0.25) is 0 Å². The van der Waals surface area contributed by atoms with Gasteiger partial charge in [0, 0.05) is 22.5 Å². The average molecular weight is 452 g/mol. The third-order valence-corrected chi connectivity index (χ3v) is 5.46. The Hall–Kier alpha value is -2.92. The van der Waals surface area contributed by atoms with E-state index in [0.29, 0.717) is 5.56 Å². The second-order valence-corrected chi connectivity index (χ2v) is 7.69. The van der Waals surface area contributed by atoms with Crippen molar-refractivity contribution >= 4 is 28.1 Å². The van der Waals surface area contributed by atoms with Crippen molar-refractivity contribution in [3.8, 4) is 11.1 Å². The van der Waals surface area contributed by atoms with Gasteiger partial charge in [-0.15, -0.1) is 0 Å². The van der Waals surface area contributed by atoms with Gasteiger partial charge in [-0.3, -0.25) is 0 Å². The van der Waals surface area contributed by atoms with Gasteiger partial charge in [-0.2, -0.15) is 0 Å². The first-order chi connectivity index (χ1) is 14.1. The molecule has 5 heteroatoms. The highest BCUT2D eigenvalue weighted by Crippen LogP contribution is 2.44. The summed E-state index contributed by atoms with van der Waals surface area (Å²) in [4.78, 5) is 12.1. The third-order valence-electron chi connectivity index (χ3n) is 4.96. The van der Waals surface area contributed by atoms with Crippen LogP contribution in [0.1, 0.15) is 22.6 Å². The molecule has 0 spiro atoms. The fraction of sp³-hybridized carbons (Fsp3) is 0.125. The zero-order valence-electron chi connectivity index (χ0n) is 15.6. The number of halogens is 2. The molecule has 1 amide bonds. The summed E-state index contributed by atoms with van der Waals surface area (Å²) in [5.74, 6) is -0.287.